The zero-order valence-electron chi connectivity index (χ0n) is 27.2. The van der Waals surface area contributed by atoms with Gasteiger partial charge < -0.3 is 41.0 Å². The van der Waals surface area contributed by atoms with Crippen LogP contribution in [0.2, 0.25) is 0 Å². The molecule has 7 N–H and O–H groups in total. The molecule has 0 saturated carbocycles. The van der Waals surface area contributed by atoms with Crippen molar-refractivity contribution in [1.82, 2.24) is 10.2 Å². The van der Waals surface area contributed by atoms with Gasteiger partial charge in [0.1, 0.15) is 29.2 Å². The molecule has 0 bridgehead atoms. The number of benzene rings is 1. The van der Waals surface area contributed by atoms with Gasteiger partial charge in [0.15, 0.2) is 15.9 Å². The van der Waals surface area contributed by atoms with Gasteiger partial charge >= 0.3 is 18.0 Å². The molecular weight excluding hydrogens is 618 g/mol. The summed E-state index contributed by atoms with van der Waals surface area (Å²) in [7, 11) is -4.12. The number of esters is 1. The number of unbranched alkanes of at least 4 members (excludes halogenated alkanes) is 1. The second-order valence-electron chi connectivity index (χ2n) is 13.1. The molecule has 14 nitrogen and oxygen atoms in total. The molecule has 3 atom stereocenters. The van der Waals surface area contributed by atoms with Gasteiger partial charge in [-0.1, -0.05) is 25.5 Å². The number of hydrogen-bond donors (Lipinski definition) is 5. The van der Waals surface area contributed by atoms with Gasteiger partial charge in [0.25, 0.3) is 0 Å². The summed E-state index contributed by atoms with van der Waals surface area (Å²) in [5, 5.41) is 21.4. The molecule has 1 amide bonds. The maximum Gasteiger partial charge on any atom is 0.410 e. The second kappa shape index (κ2) is 15.0. The zero-order valence-corrected chi connectivity index (χ0v) is 28.0. The summed E-state index contributed by atoms with van der Waals surface area (Å²) in [5.74, 6) is -2.60. The number of amides is 1. The number of cyclic esters (lactones) is 1. The van der Waals surface area contributed by atoms with E-state index in [-0.39, 0.29) is 43.6 Å². The maximum absolute atomic E-state index is 13.6. The van der Waals surface area contributed by atoms with Crippen molar-refractivity contribution >= 4 is 33.7 Å². The van der Waals surface area contributed by atoms with E-state index in [1.165, 1.54) is 4.90 Å². The first-order valence-electron chi connectivity index (χ1n) is 15.7. The minimum Gasteiger partial charge on any atom is -0.490 e. The van der Waals surface area contributed by atoms with E-state index < -0.39 is 56.3 Å². The van der Waals surface area contributed by atoms with Gasteiger partial charge in [-0.2, -0.15) is 0 Å². The Morgan fingerprint density at radius 1 is 1.17 bits per heavy atom. The Balaban J connectivity index is 1.63. The van der Waals surface area contributed by atoms with Crippen molar-refractivity contribution in [2.75, 3.05) is 38.5 Å². The summed E-state index contributed by atoms with van der Waals surface area (Å²) < 4.78 is 42.5. The fraction of sp³-hybridized carbons (Fsp3) is 0.677. The minimum atomic E-state index is -4.12. The Kier molecular flexibility index (Phi) is 12.1. The largest absolute Gasteiger partial charge is 0.490 e. The van der Waals surface area contributed by atoms with Crippen LogP contribution in [-0.2, 0) is 35.3 Å². The minimum absolute atomic E-state index is 0.0150. The molecule has 0 aromatic heterocycles. The van der Waals surface area contributed by atoms with E-state index in [0.29, 0.717) is 50.1 Å². The van der Waals surface area contributed by atoms with Crippen LogP contribution in [0.15, 0.2) is 24.3 Å². The van der Waals surface area contributed by atoms with Crippen LogP contribution >= 0.6 is 0 Å². The number of piperidine rings is 1. The Bertz CT molecular complexity index is 1360. The molecule has 3 rings (SSSR count). The topological polar surface area (TPSA) is 224 Å². The number of amidine groups is 1. The lowest BCUT2D eigenvalue weighted by atomic mass is 9.67. The summed E-state index contributed by atoms with van der Waals surface area (Å²) in [6.07, 6.45) is 0.666. The number of carbonyl (C=O) groups is 3. The highest BCUT2D eigenvalue weighted by atomic mass is 32.2. The van der Waals surface area contributed by atoms with Crippen LogP contribution in [0.5, 0.6) is 5.75 Å². The van der Waals surface area contributed by atoms with Crippen LogP contribution in [-0.4, -0.2) is 97.4 Å². The highest BCUT2D eigenvalue weighted by Crippen LogP contribution is 2.40. The van der Waals surface area contributed by atoms with Crippen LogP contribution in [0, 0.1) is 16.7 Å². The van der Waals surface area contributed by atoms with E-state index >= 15 is 0 Å². The number of nitrogens with one attached hydrogen (secondary N) is 2. The fourth-order valence-corrected chi connectivity index (χ4v) is 7.49. The molecule has 2 aliphatic heterocycles. The van der Waals surface area contributed by atoms with Gasteiger partial charge in [-0.05, 0) is 83.2 Å². The van der Waals surface area contributed by atoms with E-state index in [0.717, 1.165) is 0 Å². The van der Waals surface area contributed by atoms with Crippen molar-refractivity contribution in [3.8, 4) is 5.75 Å². The molecule has 1 aromatic rings. The standard InChI is InChI=1S/C31H49N5O9S/c1-5-6-17-46(41,42)31(34,26(37)38)18-21-7-9-23(10-8-21)43-20-24-19-36(28(40)44-24)16-13-30(25(32)33,22-11-14-35-15-12-22)27(39)45-29(2,3)4/h7-10,22,24,35H,5-6,11-20,34H2,1-4H3,(H3,32,33)(H,37,38). The fourth-order valence-electron chi connectivity index (χ4n) is 5.81. The molecule has 3 unspecified atom stereocenters. The lowest BCUT2D eigenvalue weighted by Crippen LogP contribution is -2.57. The van der Waals surface area contributed by atoms with E-state index in [1.54, 1.807) is 52.0 Å². The van der Waals surface area contributed by atoms with E-state index in [2.05, 4.69) is 5.32 Å². The van der Waals surface area contributed by atoms with Crippen LogP contribution in [0.25, 0.3) is 0 Å². The van der Waals surface area contributed by atoms with Gasteiger partial charge in [-0.15, -0.1) is 0 Å². The molecule has 15 heteroatoms. The number of aliphatic carboxylic acids is 1. The monoisotopic (exact) mass is 667 g/mol. The summed E-state index contributed by atoms with van der Waals surface area (Å²) in [6.45, 7) is 8.77. The molecule has 2 aliphatic rings. The van der Waals surface area contributed by atoms with Crippen molar-refractivity contribution in [2.45, 2.75) is 82.8 Å². The lowest BCUT2D eigenvalue weighted by molar-refractivity contribution is -0.167. The first-order valence-corrected chi connectivity index (χ1v) is 17.3. The predicted molar refractivity (Wildman–Crippen MR) is 171 cm³/mol. The third-order valence-electron chi connectivity index (χ3n) is 8.52. The number of carboxylic acid groups (broad SMARTS) is 1. The van der Waals surface area contributed by atoms with Gasteiger partial charge in [-0.25, -0.2) is 18.0 Å². The van der Waals surface area contributed by atoms with Crippen LogP contribution < -0.4 is 21.5 Å². The number of nitrogens with zero attached hydrogens (tertiary/aromatic N) is 1. The second-order valence-corrected chi connectivity index (χ2v) is 15.5. The lowest BCUT2D eigenvalue weighted by Gasteiger charge is -2.41. The Hall–Kier alpha value is -3.43. The van der Waals surface area contributed by atoms with Crippen molar-refractivity contribution in [3.63, 3.8) is 0 Å². The number of ether oxygens (including phenoxy) is 3. The number of hydrogen-bond acceptors (Lipinski definition) is 11. The van der Waals surface area contributed by atoms with E-state index in [9.17, 15) is 27.9 Å². The average Bonchev–Trinajstić information content (AvgIpc) is 3.34. The van der Waals surface area contributed by atoms with Gasteiger partial charge in [-0.3, -0.25) is 10.2 Å². The normalized spacial score (nSPS) is 20.3. The Morgan fingerprint density at radius 3 is 2.35 bits per heavy atom. The summed E-state index contributed by atoms with van der Waals surface area (Å²) in [6, 6.07) is 6.21. The van der Waals surface area contributed by atoms with Crippen LogP contribution in [0.4, 0.5) is 4.79 Å². The molecule has 258 valence electrons. The molecule has 46 heavy (non-hydrogen) atoms. The number of sulfone groups is 1. The van der Waals surface area contributed by atoms with Crippen LogP contribution in [0.3, 0.4) is 0 Å². The molecular formula is C31H49N5O9S. The van der Waals surface area contributed by atoms with Gasteiger partial charge in [0.05, 0.1) is 12.3 Å². The van der Waals surface area contributed by atoms with Crippen molar-refractivity contribution < 1.29 is 42.1 Å². The van der Waals surface area contributed by atoms with Crippen molar-refractivity contribution in [1.29, 1.82) is 5.41 Å². The summed E-state index contributed by atoms with van der Waals surface area (Å²) >= 11 is 0. The van der Waals surface area contributed by atoms with Gasteiger partial charge in [0, 0.05) is 13.0 Å². The molecule has 0 spiro atoms. The van der Waals surface area contributed by atoms with E-state index in [4.69, 9.17) is 31.1 Å². The highest BCUT2D eigenvalue weighted by Gasteiger charge is 2.52. The number of carboxylic acids is 1. The number of nitrogens with two attached hydrogens (primary N) is 2. The Labute approximate surface area is 270 Å². The van der Waals surface area contributed by atoms with Crippen molar-refractivity contribution in [3.05, 3.63) is 29.8 Å². The number of rotatable bonds is 16. The Morgan fingerprint density at radius 2 is 1.80 bits per heavy atom. The average molecular weight is 668 g/mol. The smallest absolute Gasteiger partial charge is 0.410 e. The van der Waals surface area contributed by atoms with E-state index in [1.807, 2.05) is 0 Å². The quantitative estimate of drug-likeness (QED) is 0.0970. The highest BCUT2D eigenvalue weighted by molar-refractivity contribution is 7.93. The first-order chi connectivity index (χ1) is 21.4. The zero-order chi connectivity index (χ0) is 34.3. The molecule has 1 aromatic carbocycles. The summed E-state index contributed by atoms with van der Waals surface area (Å²) in [4.78, 5) is 37.2. The SMILES string of the molecule is CCCCS(=O)(=O)C(N)(Cc1ccc(OCC2CN(CCC(C(=N)N)(C(=O)OC(C)(C)C)C3CCNCC3)C(=O)O2)cc1)C(=O)O. The number of carbonyl (C=O) groups excluding carboxylic acids is 2. The molecule has 0 aliphatic carbocycles. The van der Waals surface area contributed by atoms with Crippen molar-refractivity contribution in [2.24, 2.45) is 22.8 Å². The predicted octanol–water partition coefficient (Wildman–Crippen LogP) is 2.04. The molecule has 0 radical (unpaired) electrons. The van der Waals surface area contributed by atoms with Crippen LogP contribution in [0.1, 0.15) is 65.4 Å². The maximum atomic E-state index is 13.6. The molecule has 2 fully saturated rings. The van der Waals surface area contributed by atoms with Gasteiger partial charge in [0.2, 0.25) is 4.87 Å². The summed E-state index contributed by atoms with van der Waals surface area (Å²) in [5.41, 5.74) is 10.3. The first kappa shape index (κ1) is 37.0. The molecule has 2 saturated heterocycles. The third-order valence-corrected chi connectivity index (χ3v) is 10.8. The molecule has 2 heterocycles. The third kappa shape index (κ3) is 8.68.